The zero-order valence-electron chi connectivity index (χ0n) is 41.6. The predicted octanol–water partition coefficient (Wildman–Crippen LogP) is 9.63. The Labute approximate surface area is 407 Å². The van der Waals surface area contributed by atoms with Crippen LogP contribution in [-0.4, -0.2) is 88.0 Å². The second-order valence-electron chi connectivity index (χ2n) is 22.8. The summed E-state index contributed by atoms with van der Waals surface area (Å²) in [6.07, 6.45) is 28.2. The first kappa shape index (κ1) is 52.6. The van der Waals surface area contributed by atoms with Crippen LogP contribution >= 0.6 is 0 Å². The van der Waals surface area contributed by atoms with Gasteiger partial charge < -0.3 is 33.7 Å². The van der Waals surface area contributed by atoms with E-state index in [9.17, 15) is 28.8 Å². The molecule has 0 spiro atoms. The van der Waals surface area contributed by atoms with Crippen LogP contribution in [0.2, 0.25) is 0 Å². The van der Waals surface area contributed by atoms with Crippen molar-refractivity contribution >= 4 is 36.3 Å². The van der Waals surface area contributed by atoms with Crippen molar-refractivity contribution < 1.29 is 57.2 Å². The van der Waals surface area contributed by atoms with Crippen molar-refractivity contribution in [3.05, 3.63) is 0 Å². The van der Waals surface area contributed by atoms with Crippen molar-refractivity contribution in [3.8, 4) is 0 Å². The molecule has 0 aromatic carbocycles. The Balaban J connectivity index is 0.000000600. The fourth-order valence-corrected chi connectivity index (χ4v) is 14.4. The van der Waals surface area contributed by atoms with E-state index in [1.54, 1.807) is 25.7 Å². The number of carbonyl (C=O) groups is 6. The van der Waals surface area contributed by atoms with Crippen LogP contribution in [0.5, 0.6) is 0 Å². The van der Waals surface area contributed by atoms with Gasteiger partial charge in [-0.1, -0.05) is 110 Å². The highest BCUT2D eigenvalue weighted by Crippen LogP contribution is 2.48. The predicted molar refractivity (Wildman–Crippen MR) is 254 cm³/mol. The fraction of sp³-hybridized carbons (Fsp3) is 0.891. The lowest BCUT2D eigenvalue weighted by atomic mass is 9.82. The Morgan fingerprint density at radius 1 is 0.456 bits per heavy atom. The Kier molecular flexibility index (Phi) is 21.2. The number of hydrogen-bond donors (Lipinski definition) is 1. The third-order valence-electron chi connectivity index (χ3n) is 17.8. The first-order chi connectivity index (χ1) is 33.1. The fourth-order valence-electron chi connectivity index (χ4n) is 14.4. The quantitative estimate of drug-likeness (QED) is 0.0472. The highest BCUT2D eigenvalue weighted by atomic mass is 16.6. The van der Waals surface area contributed by atoms with Gasteiger partial charge in [0, 0.05) is 12.8 Å². The summed E-state index contributed by atoms with van der Waals surface area (Å²) < 4.78 is 33.0. The van der Waals surface area contributed by atoms with Gasteiger partial charge in [-0.25, -0.2) is 0 Å². The highest BCUT2D eigenvalue weighted by molar-refractivity contribution is 5.74. The number of rotatable bonds is 22. The standard InChI is InChI=1S/C45H69NO12.C10H18/c47-29-53-25-39(26-54-43(50)36-19-30-9-1-2-10-31(30)20-36)57-41(48)15-7-17-46-18-8-16-42(49)58-40(27-55-44(51)37-21-32-11-3-4-12-33(32)22-37)28-56-45(52)38-23-34-13-5-6-14-35(34)24-38;1-8-6-9-4-2-3-5-10(9)7-8/h29-40,46H,1-28H2;8-10H,2-7H2,1H3. The van der Waals surface area contributed by atoms with Crippen LogP contribution in [0.15, 0.2) is 0 Å². The second kappa shape index (κ2) is 27.4. The number of hydrogen-bond acceptors (Lipinski definition) is 13. The summed E-state index contributed by atoms with van der Waals surface area (Å²) >= 11 is 0. The van der Waals surface area contributed by atoms with E-state index in [1.165, 1.54) is 89.9 Å². The molecule has 13 heteroatoms. The Morgan fingerprint density at radius 2 is 0.750 bits per heavy atom. The van der Waals surface area contributed by atoms with Gasteiger partial charge in [-0.2, -0.15) is 0 Å². The van der Waals surface area contributed by atoms with E-state index in [1.807, 2.05) is 0 Å². The molecule has 9 atom stereocenters. The smallest absolute Gasteiger partial charge is 0.309 e. The molecule has 0 radical (unpaired) electrons. The second-order valence-corrected chi connectivity index (χ2v) is 22.8. The molecule has 0 amide bonds. The van der Waals surface area contributed by atoms with E-state index in [0.717, 1.165) is 56.3 Å². The number of carbonyl (C=O) groups excluding carboxylic acids is 6. The van der Waals surface area contributed by atoms with Gasteiger partial charge in [0.2, 0.25) is 0 Å². The van der Waals surface area contributed by atoms with E-state index < -0.39 is 24.1 Å². The topological polar surface area (TPSA) is 170 Å². The molecule has 8 aliphatic carbocycles. The summed E-state index contributed by atoms with van der Waals surface area (Å²) in [5.41, 5.74) is 0. The van der Waals surface area contributed by atoms with Crippen molar-refractivity contribution in [1.29, 1.82) is 0 Å². The SMILES string of the molecule is CC1CC2CCCCC2C1.O=COCC(COC(=O)C1CC2CCCCC2C1)OC(=O)CCCNCCCC(=O)OC(COC(=O)C1CC2CCCCC2C1)COC(=O)C1CC2CCCCC2C1. The van der Waals surface area contributed by atoms with E-state index in [0.29, 0.717) is 61.4 Å². The van der Waals surface area contributed by atoms with Gasteiger partial charge in [0.15, 0.2) is 12.2 Å². The lowest BCUT2D eigenvalue weighted by Crippen LogP contribution is -2.33. The molecule has 0 aliphatic heterocycles. The van der Waals surface area contributed by atoms with Gasteiger partial charge in [-0.05, 0) is 131 Å². The summed E-state index contributed by atoms with van der Waals surface area (Å²) in [6, 6.07) is 0. The molecular formula is C55H87NO12. The van der Waals surface area contributed by atoms with Crippen LogP contribution < -0.4 is 5.32 Å². The van der Waals surface area contributed by atoms with Crippen molar-refractivity contribution in [2.75, 3.05) is 39.5 Å². The van der Waals surface area contributed by atoms with Crippen LogP contribution in [0.1, 0.15) is 187 Å². The maximum atomic E-state index is 13.1. The van der Waals surface area contributed by atoms with Crippen molar-refractivity contribution in [1.82, 2.24) is 5.32 Å². The van der Waals surface area contributed by atoms with Gasteiger partial charge in [-0.3, -0.25) is 28.8 Å². The Morgan fingerprint density at radius 3 is 1.06 bits per heavy atom. The molecule has 8 rings (SSSR count). The molecule has 0 saturated heterocycles. The molecule has 0 bridgehead atoms. The minimum atomic E-state index is -0.876. The maximum Gasteiger partial charge on any atom is 0.309 e. The molecule has 1 N–H and O–H groups in total. The number of ether oxygens (including phenoxy) is 6. The van der Waals surface area contributed by atoms with E-state index in [4.69, 9.17) is 28.4 Å². The number of fused-ring (bicyclic) bond motifs is 4. The normalized spacial score (nSPS) is 33.4. The summed E-state index contributed by atoms with van der Waals surface area (Å²) in [4.78, 5) is 75.3. The summed E-state index contributed by atoms with van der Waals surface area (Å²) in [5.74, 6) is 4.77. The molecule has 8 fully saturated rings. The van der Waals surface area contributed by atoms with Crippen LogP contribution in [0.3, 0.4) is 0 Å². The van der Waals surface area contributed by atoms with Gasteiger partial charge in [0.05, 0.1) is 17.8 Å². The Hall–Kier alpha value is -3.22. The molecule has 9 unspecified atom stereocenters. The van der Waals surface area contributed by atoms with Crippen molar-refractivity contribution in [3.63, 3.8) is 0 Å². The van der Waals surface area contributed by atoms with E-state index >= 15 is 0 Å². The van der Waals surface area contributed by atoms with Gasteiger partial charge >= 0.3 is 29.8 Å². The average Bonchev–Trinajstić information content (AvgIpc) is 4.17. The zero-order valence-corrected chi connectivity index (χ0v) is 41.6. The largest absolute Gasteiger partial charge is 0.464 e. The minimum Gasteiger partial charge on any atom is -0.464 e. The van der Waals surface area contributed by atoms with Crippen LogP contribution in [0, 0.1) is 71.0 Å². The molecule has 384 valence electrons. The molecule has 8 aliphatic rings. The molecule has 13 nitrogen and oxygen atoms in total. The monoisotopic (exact) mass is 954 g/mol. The van der Waals surface area contributed by atoms with Gasteiger partial charge in [0.1, 0.15) is 26.4 Å². The highest BCUT2D eigenvalue weighted by Gasteiger charge is 2.42. The number of nitrogens with one attached hydrogen (secondary N) is 1. The van der Waals surface area contributed by atoms with Gasteiger partial charge in [-0.15, -0.1) is 0 Å². The molecule has 0 aromatic rings. The molecule has 0 heterocycles. The number of esters is 5. The first-order valence-electron chi connectivity index (χ1n) is 27.8. The van der Waals surface area contributed by atoms with Crippen LogP contribution in [-0.2, 0) is 57.2 Å². The van der Waals surface area contributed by atoms with E-state index in [-0.39, 0.29) is 81.4 Å². The zero-order chi connectivity index (χ0) is 47.7. The minimum absolute atomic E-state index is 0.107. The lowest BCUT2D eigenvalue weighted by molar-refractivity contribution is -0.169. The van der Waals surface area contributed by atoms with E-state index in [2.05, 4.69) is 12.2 Å². The average molecular weight is 954 g/mol. The Bertz CT molecular complexity index is 1520. The van der Waals surface area contributed by atoms with Crippen molar-refractivity contribution in [2.24, 2.45) is 71.0 Å². The molecule has 68 heavy (non-hydrogen) atoms. The maximum absolute atomic E-state index is 13.1. The third kappa shape index (κ3) is 16.2. The molecule has 0 aromatic heterocycles. The molecular weight excluding hydrogens is 867 g/mol. The lowest BCUT2D eigenvalue weighted by Gasteiger charge is -2.24. The first-order valence-corrected chi connectivity index (χ1v) is 27.8. The summed E-state index contributed by atoms with van der Waals surface area (Å²) in [7, 11) is 0. The van der Waals surface area contributed by atoms with Crippen LogP contribution in [0.25, 0.3) is 0 Å². The summed E-state index contributed by atoms with van der Waals surface area (Å²) in [5, 5.41) is 3.22. The summed E-state index contributed by atoms with van der Waals surface area (Å²) in [6.45, 7) is 3.07. The van der Waals surface area contributed by atoms with Crippen LogP contribution in [0.4, 0.5) is 0 Å². The van der Waals surface area contributed by atoms with Crippen molar-refractivity contribution in [2.45, 2.75) is 199 Å². The van der Waals surface area contributed by atoms with Gasteiger partial charge in [0.25, 0.3) is 6.47 Å². The molecule has 8 saturated carbocycles. The third-order valence-corrected chi connectivity index (χ3v) is 17.8.